The Hall–Kier alpha value is -7.59. The third-order valence-electron chi connectivity index (χ3n) is 19.6. The van der Waals surface area contributed by atoms with Gasteiger partial charge in [0.1, 0.15) is 60.6 Å². The van der Waals surface area contributed by atoms with Crippen LogP contribution in [0.3, 0.4) is 0 Å². The molecule has 27 nitrogen and oxygen atoms in total. The van der Waals surface area contributed by atoms with Gasteiger partial charge in [-0.2, -0.15) is 0 Å². The molecule has 27 heteroatoms. The van der Waals surface area contributed by atoms with E-state index in [1.807, 2.05) is 104 Å². The Kier molecular flexibility index (Phi) is 35.1. The van der Waals surface area contributed by atoms with Crippen LogP contribution in [0.1, 0.15) is 158 Å². The molecule has 2 heterocycles. The van der Waals surface area contributed by atoms with E-state index in [4.69, 9.17) is 4.74 Å². The van der Waals surface area contributed by atoms with E-state index >= 15 is 19.2 Å². The van der Waals surface area contributed by atoms with Gasteiger partial charge >= 0.3 is 0 Å². The van der Waals surface area contributed by atoms with E-state index in [2.05, 4.69) is 21.3 Å². The van der Waals surface area contributed by atoms with Crippen LogP contribution in [0.4, 0.5) is 0 Å². The molecule has 0 aromatic heterocycles. The molecule has 0 saturated carbocycles. The topological polar surface area (TPSA) is 332 Å². The van der Waals surface area contributed by atoms with Crippen molar-refractivity contribution in [3.63, 3.8) is 0 Å². The largest absolute Gasteiger partial charge is 0.391 e. The number of carbonyl (C=O) groups is 11. The smallest absolute Gasteiger partial charge is 0.248 e. The lowest BCUT2D eigenvalue weighted by Crippen LogP contribution is -2.63. The third-order valence-corrected chi connectivity index (χ3v) is 19.6. The molecule has 2 aliphatic rings. The van der Waals surface area contributed by atoms with Crippen molar-refractivity contribution in [2.45, 2.75) is 238 Å². The Labute approximate surface area is 611 Å². The fraction of sp³-hybridized carbons (Fsp3) is 0.697. The molecule has 0 bridgehead atoms. The first-order valence-electron chi connectivity index (χ1n) is 36.7. The number of aliphatic hydroxyl groups excluding tert-OH is 2. The molecular weight excluding hydrogens is 1320 g/mol. The highest BCUT2D eigenvalue weighted by molar-refractivity contribution is 5.99. The zero-order valence-electron chi connectivity index (χ0n) is 64.9. The zero-order valence-corrected chi connectivity index (χ0v) is 64.9. The van der Waals surface area contributed by atoms with E-state index in [0.29, 0.717) is 31.5 Å². The highest BCUT2D eigenvalue weighted by Crippen LogP contribution is 2.25. The van der Waals surface area contributed by atoms with Crippen LogP contribution in [-0.4, -0.2) is 280 Å². The standard InChI is InChI=1S/C76H124N12O15/c1-47(2)39-55-70(96)87(19)62(42-50(7)8)74(100)86(18)61(43-54-31-25-21-26-32-54)68(94)79-57(46-103-38-35-76(11,12)102)71(97)84(16)58(34-33-53-29-23-20-24-30-53)73(99)85(17)60(41-49(5)6)69(95)80-65(52(10)89)75(101)81(13)45-64(91)83(15)59(40-48(3)4)67(93)78-56(72(98)88-36-27-22-28-37-88)44-63(90)82(14)51(9)66(92)77-55/h20-21,23-26,29-32,47-52,55-62,65,68,79,89,94,102H,22,27-28,33-46H2,1-19H3,(H,77,92)(H,78,93)(H,80,95)/t51-,52+,55-,56-,57-,58-,59-,60-,61-,62-,65-,68?/m0/s1. The number of ether oxygens (including phenoxy) is 1. The first kappa shape index (κ1) is 87.8. The third kappa shape index (κ3) is 26.8. The number of rotatable bonds is 20. The van der Waals surface area contributed by atoms with Gasteiger partial charge in [0, 0.05) is 69.0 Å². The molecule has 7 N–H and O–H groups in total. The summed E-state index contributed by atoms with van der Waals surface area (Å²) in [6.45, 7) is 20.3. The van der Waals surface area contributed by atoms with Crippen molar-refractivity contribution in [2.24, 2.45) is 23.7 Å². The van der Waals surface area contributed by atoms with Gasteiger partial charge < -0.3 is 75.2 Å². The van der Waals surface area contributed by atoms with Crippen molar-refractivity contribution in [3.8, 4) is 0 Å². The minimum Gasteiger partial charge on any atom is -0.391 e. The number of likely N-dealkylation sites (N-methyl/N-ethyl adjacent to an activating group) is 7. The molecule has 0 aliphatic carbocycles. The number of carbonyl (C=O) groups excluding carboxylic acids is 11. The SMILES string of the molecule is CC(C)C[C@@H]1NC(=O)[C@H](C)N(C)C(=O)C[C@@H](C(=O)N2CCCCC2)NC(=O)[C@H](CC(C)C)N(C)C(=O)CN(C)C(=O)[C@H]([C@@H](C)O)NC(=O)[C@H](CC(C)C)N(C)C(=O)[C@H](CCc2ccccc2)N(C)C(=O)[C@H](COCCC(C)(C)O)NC(O)[C@H](Cc2ccccc2)N(C)C(=O)[C@H](CC(C)C)N(C)C1=O. The molecule has 2 saturated heterocycles. The monoisotopic (exact) mass is 1440 g/mol. The number of piperidine rings is 1. The van der Waals surface area contributed by atoms with Crippen molar-refractivity contribution < 1.29 is 72.8 Å². The van der Waals surface area contributed by atoms with Crippen LogP contribution < -0.4 is 21.3 Å². The van der Waals surface area contributed by atoms with E-state index in [1.165, 1.54) is 82.8 Å². The summed E-state index contributed by atoms with van der Waals surface area (Å²) in [6.07, 6.45) is -0.981. The Bertz CT molecular complexity index is 3110. The number of nitrogens with zero attached hydrogens (tertiary/aromatic N) is 8. The number of nitrogens with one attached hydrogen (secondary N) is 4. The van der Waals surface area contributed by atoms with Crippen molar-refractivity contribution in [2.75, 3.05) is 82.2 Å². The van der Waals surface area contributed by atoms with E-state index in [1.54, 1.807) is 30.9 Å². The molecular formula is C76H124N12O15. The maximum atomic E-state index is 15.6. The number of likely N-dealkylation sites (tertiary alicyclic amines) is 1. The maximum Gasteiger partial charge on any atom is 0.248 e. The summed E-state index contributed by atoms with van der Waals surface area (Å²) >= 11 is 0. The predicted molar refractivity (Wildman–Crippen MR) is 393 cm³/mol. The molecule has 2 aromatic carbocycles. The fourth-order valence-electron chi connectivity index (χ4n) is 13.0. The quantitative estimate of drug-likeness (QED) is 0.0936. The van der Waals surface area contributed by atoms with Gasteiger partial charge in [-0.3, -0.25) is 58.1 Å². The van der Waals surface area contributed by atoms with Crippen molar-refractivity contribution in [3.05, 3.63) is 71.8 Å². The van der Waals surface area contributed by atoms with E-state index in [9.17, 15) is 48.9 Å². The van der Waals surface area contributed by atoms with Gasteiger partial charge in [0.15, 0.2) is 0 Å². The molecule has 4 rings (SSSR count). The van der Waals surface area contributed by atoms with Gasteiger partial charge in [-0.1, -0.05) is 116 Å². The summed E-state index contributed by atoms with van der Waals surface area (Å²) < 4.78 is 6.13. The lowest BCUT2D eigenvalue weighted by Gasteiger charge is -2.40. The summed E-state index contributed by atoms with van der Waals surface area (Å²) in [5.74, 6) is -8.78. The Morgan fingerprint density at radius 3 is 1.57 bits per heavy atom. The second-order valence-corrected chi connectivity index (χ2v) is 30.8. The first-order chi connectivity index (χ1) is 48.2. The van der Waals surface area contributed by atoms with Gasteiger partial charge in [-0.05, 0) is 133 Å². The number of aryl methyl sites for hydroxylation is 1. The number of amides is 11. The number of hydrogen-bond acceptors (Lipinski definition) is 16. The minimum atomic E-state index is -1.74. The number of hydrogen-bond donors (Lipinski definition) is 7. The average Bonchev–Trinajstić information content (AvgIpc) is 0.820. The van der Waals surface area contributed by atoms with Crippen LogP contribution in [0.25, 0.3) is 0 Å². The molecule has 1 unspecified atom stereocenters. The van der Waals surface area contributed by atoms with Crippen LogP contribution in [0.15, 0.2) is 60.7 Å². The summed E-state index contributed by atoms with van der Waals surface area (Å²) in [4.78, 5) is 174. The average molecular weight is 1450 g/mol. The molecule has 103 heavy (non-hydrogen) atoms. The van der Waals surface area contributed by atoms with Crippen LogP contribution in [0, 0.1) is 23.7 Å². The van der Waals surface area contributed by atoms with Crippen LogP contribution in [-0.2, 0) is 70.3 Å². The van der Waals surface area contributed by atoms with Gasteiger partial charge in [-0.25, -0.2) is 0 Å². The summed E-state index contributed by atoms with van der Waals surface area (Å²) in [5, 5.41) is 46.3. The van der Waals surface area contributed by atoms with Crippen molar-refractivity contribution in [1.82, 2.24) is 60.5 Å². The second-order valence-electron chi connectivity index (χ2n) is 30.8. The van der Waals surface area contributed by atoms with Crippen molar-refractivity contribution in [1.29, 1.82) is 0 Å². The van der Waals surface area contributed by atoms with Gasteiger partial charge in [-0.15, -0.1) is 0 Å². The van der Waals surface area contributed by atoms with Gasteiger partial charge in [0.2, 0.25) is 65.0 Å². The van der Waals surface area contributed by atoms with E-state index < -0.39 is 163 Å². The highest BCUT2D eigenvalue weighted by Gasteiger charge is 2.44. The lowest BCUT2D eigenvalue weighted by atomic mass is 9.96. The number of benzene rings is 2. The summed E-state index contributed by atoms with van der Waals surface area (Å²) in [6, 6.07) is 4.81. The zero-order chi connectivity index (χ0) is 77.5. The lowest BCUT2D eigenvalue weighted by molar-refractivity contribution is -0.152. The van der Waals surface area contributed by atoms with Crippen molar-refractivity contribution >= 4 is 65.0 Å². The fourth-order valence-corrected chi connectivity index (χ4v) is 13.0. The number of aliphatic hydroxyl groups is 3. The molecule has 2 aromatic rings. The Morgan fingerprint density at radius 2 is 1.04 bits per heavy atom. The predicted octanol–water partition coefficient (Wildman–Crippen LogP) is 3.19. The van der Waals surface area contributed by atoms with Crippen LogP contribution in [0.2, 0.25) is 0 Å². The Balaban J connectivity index is 1.99. The maximum absolute atomic E-state index is 15.6. The second kappa shape index (κ2) is 41.2. The summed E-state index contributed by atoms with van der Waals surface area (Å²) in [7, 11) is 9.80. The normalized spacial score (nSPS) is 25.6. The van der Waals surface area contributed by atoms with E-state index in [0.717, 1.165) is 26.7 Å². The molecule has 0 spiro atoms. The van der Waals surface area contributed by atoms with Crippen LogP contribution >= 0.6 is 0 Å². The molecule has 12 atom stereocenters. The first-order valence-corrected chi connectivity index (χ1v) is 36.7. The van der Waals surface area contributed by atoms with E-state index in [-0.39, 0.29) is 81.6 Å². The van der Waals surface area contributed by atoms with Crippen LogP contribution in [0.5, 0.6) is 0 Å². The van der Waals surface area contributed by atoms with Gasteiger partial charge in [0.05, 0.1) is 37.3 Å². The van der Waals surface area contributed by atoms with Gasteiger partial charge in [0.25, 0.3) is 0 Å². The molecule has 2 aliphatic heterocycles. The molecule has 2 fully saturated rings. The minimum absolute atomic E-state index is 0.00348. The molecule has 0 radical (unpaired) electrons. The highest BCUT2D eigenvalue weighted by atomic mass is 16.5. The Morgan fingerprint density at radius 1 is 0.553 bits per heavy atom. The summed E-state index contributed by atoms with van der Waals surface area (Å²) in [5.41, 5.74) is 0.322. The molecule has 578 valence electrons. The molecule has 11 amide bonds.